The van der Waals surface area contributed by atoms with Crippen LogP contribution in [0, 0.1) is 0 Å². The van der Waals surface area contributed by atoms with Crippen LogP contribution in [0.25, 0.3) is 33.1 Å². The maximum Gasteiger partial charge on any atom is 0.159 e. The van der Waals surface area contributed by atoms with Gasteiger partial charge in [0.15, 0.2) is 5.58 Å². The normalized spacial score (nSPS) is 14.1. The van der Waals surface area contributed by atoms with Crippen LogP contribution in [0.2, 0.25) is 0 Å². The third-order valence-electron chi connectivity index (χ3n) is 12.8. The summed E-state index contributed by atoms with van der Waals surface area (Å²) in [4.78, 5) is 2.38. The number of anilines is 3. The van der Waals surface area contributed by atoms with E-state index in [0.717, 1.165) is 39.0 Å². The molecule has 0 saturated carbocycles. The fourth-order valence-electron chi connectivity index (χ4n) is 10.6. The van der Waals surface area contributed by atoms with Crippen LogP contribution in [0.5, 0.6) is 0 Å². The van der Waals surface area contributed by atoms with Crippen molar-refractivity contribution in [2.45, 2.75) is 10.8 Å². The van der Waals surface area contributed by atoms with E-state index in [1.807, 2.05) is 6.07 Å². The van der Waals surface area contributed by atoms with E-state index >= 15 is 0 Å². The van der Waals surface area contributed by atoms with E-state index < -0.39 is 10.8 Å². The Morgan fingerprint density at radius 2 is 0.828 bits per heavy atom. The van der Waals surface area contributed by atoms with Crippen molar-refractivity contribution in [1.29, 1.82) is 0 Å². The van der Waals surface area contributed by atoms with Crippen molar-refractivity contribution in [3.8, 4) is 11.1 Å². The number of hydrogen-bond acceptors (Lipinski definition) is 2. The molecular weight excluding hydrogens is 703 g/mol. The molecule has 10 aromatic rings. The van der Waals surface area contributed by atoms with Crippen LogP contribution in [0.4, 0.5) is 17.1 Å². The van der Waals surface area contributed by atoms with Gasteiger partial charge in [0.2, 0.25) is 0 Å². The Labute approximate surface area is 337 Å². The van der Waals surface area contributed by atoms with E-state index in [4.69, 9.17) is 4.42 Å². The number of fused-ring (bicyclic) bond motifs is 12. The third kappa shape index (κ3) is 4.32. The number of rotatable bonds is 5. The van der Waals surface area contributed by atoms with E-state index in [1.54, 1.807) is 0 Å². The van der Waals surface area contributed by atoms with Crippen LogP contribution in [-0.4, -0.2) is 0 Å². The summed E-state index contributed by atoms with van der Waals surface area (Å²) in [5.41, 5.74) is 16.6. The molecule has 2 aliphatic rings. The van der Waals surface area contributed by atoms with Crippen LogP contribution in [0.15, 0.2) is 229 Å². The van der Waals surface area contributed by atoms with Gasteiger partial charge in [-0.15, -0.1) is 0 Å². The van der Waals surface area contributed by atoms with Crippen molar-refractivity contribution in [1.82, 2.24) is 0 Å². The molecular formula is C56H37NO. The molecule has 0 bridgehead atoms. The summed E-state index contributed by atoms with van der Waals surface area (Å²) in [6, 6.07) is 82.5. The van der Waals surface area contributed by atoms with E-state index in [9.17, 15) is 0 Å². The Morgan fingerprint density at radius 1 is 0.328 bits per heavy atom. The predicted molar refractivity (Wildman–Crippen MR) is 238 cm³/mol. The van der Waals surface area contributed by atoms with Crippen LogP contribution < -0.4 is 4.90 Å². The van der Waals surface area contributed by atoms with Crippen LogP contribution in [-0.2, 0) is 10.8 Å². The zero-order chi connectivity index (χ0) is 38.3. The van der Waals surface area contributed by atoms with Crippen molar-refractivity contribution < 1.29 is 4.42 Å². The molecule has 2 nitrogen and oxygen atoms in total. The molecule has 1 heterocycles. The van der Waals surface area contributed by atoms with Crippen molar-refractivity contribution in [2.24, 2.45) is 0 Å². The molecule has 2 aliphatic carbocycles. The topological polar surface area (TPSA) is 16.4 Å². The maximum absolute atomic E-state index is 6.72. The lowest BCUT2D eigenvalue weighted by Gasteiger charge is -2.50. The molecule has 12 rings (SSSR count). The average molecular weight is 740 g/mol. The minimum atomic E-state index is -0.601. The monoisotopic (exact) mass is 739 g/mol. The standard InChI is InChI=1S/C56H37NO/c1-4-19-38(20-5-1)55(39-21-6-2-7-22-39)47-29-13-15-31-49(47)56(50-32-16-14-30-48(50)55)46-28-12-10-25-42(46)43-36-35-41(37-51(43)56)57(40-23-8-3-9-24-40)52-33-18-27-45-44-26-11-17-34-53(44)58-54(45)52/h1-37H. The van der Waals surface area contributed by atoms with Gasteiger partial charge >= 0.3 is 0 Å². The van der Waals surface area contributed by atoms with Gasteiger partial charge in [0.05, 0.1) is 16.5 Å². The summed E-state index contributed by atoms with van der Waals surface area (Å²) in [6.07, 6.45) is 0. The summed E-state index contributed by atoms with van der Waals surface area (Å²) in [5.74, 6) is 0. The zero-order valence-corrected chi connectivity index (χ0v) is 31.7. The van der Waals surface area contributed by atoms with Crippen LogP contribution >= 0.6 is 0 Å². The first-order valence-electron chi connectivity index (χ1n) is 20.1. The van der Waals surface area contributed by atoms with E-state index in [0.29, 0.717) is 0 Å². The quantitative estimate of drug-likeness (QED) is 0.175. The molecule has 1 spiro atoms. The van der Waals surface area contributed by atoms with Crippen LogP contribution in [0.3, 0.4) is 0 Å². The second-order valence-electron chi connectivity index (χ2n) is 15.5. The largest absolute Gasteiger partial charge is 0.454 e. The SMILES string of the molecule is c1ccc(N(c2ccc3c(c2)C2(c4ccccc4-3)c3ccccc3C(c3ccccc3)(c3ccccc3)c3ccccc32)c2cccc3c2oc2ccccc23)cc1. The first-order valence-corrected chi connectivity index (χ1v) is 20.1. The Hall–Kier alpha value is -7.42. The number of furan rings is 1. The second kappa shape index (κ2) is 12.5. The molecule has 0 N–H and O–H groups in total. The van der Waals surface area contributed by atoms with Gasteiger partial charge in [0.25, 0.3) is 0 Å². The second-order valence-corrected chi connectivity index (χ2v) is 15.5. The van der Waals surface area contributed by atoms with E-state index in [-0.39, 0.29) is 0 Å². The summed E-state index contributed by atoms with van der Waals surface area (Å²) >= 11 is 0. The summed E-state index contributed by atoms with van der Waals surface area (Å²) in [6.45, 7) is 0. The highest BCUT2D eigenvalue weighted by Gasteiger charge is 2.56. The lowest BCUT2D eigenvalue weighted by Crippen LogP contribution is -2.44. The fourth-order valence-corrected chi connectivity index (χ4v) is 10.6. The lowest BCUT2D eigenvalue weighted by atomic mass is 9.51. The summed E-state index contributed by atoms with van der Waals surface area (Å²) < 4.78 is 6.72. The molecule has 0 saturated heterocycles. The van der Waals surface area contributed by atoms with E-state index in [2.05, 4.69) is 223 Å². The Bertz CT molecular complexity index is 3090. The highest BCUT2D eigenvalue weighted by Crippen LogP contribution is 2.65. The number of nitrogens with zero attached hydrogens (tertiary/aromatic N) is 1. The Kier molecular flexibility index (Phi) is 7.09. The molecule has 0 aliphatic heterocycles. The molecule has 0 amide bonds. The van der Waals surface area contributed by atoms with Gasteiger partial charge in [0, 0.05) is 22.1 Å². The van der Waals surface area contributed by atoms with Gasteiger partial charge in [-0.25, -0.2) is 0 Å². The molecule has 0 fully saturated rings. The number of hydrogen-bond donors (Lipinski definition) is 0. The lowest BCUT2D eigenvalue weighted by molar-refractivity contribution is 0.623. The minimum absolute atomic E-state index is 0.552. The van der Waals surface area contributed by atoms with Crippen molar-refractivity contribution >= 4 is 39.0 Å². The molecule has 1 aromatic heterocycles. The first-order chi connectivity index (χ1) is 28.8. The van der Waals surface area contributed by atoms with Gasteiger partial charge in [-0.05, 0) is 92.0 Å². The number of para-hydroxylation sites is 3. The van der Waals surface area contributed by atoms with E-state index in [1.165, 1.54) is 55.6 Å². The van der Waals surface area contributed by atoms with Gasteiger partial charge in [-0.2, -0.15) is 0 Å². The third-order valence-corrected chi connectivity index (χ3v) is 12.8. The van der Waals surface area contributed by atoms with Gasteiger partial charge < -0.3 is 9.32 Å². The molecule has 272 valence electrons. The minimum Gasteiger partial charge on any atom is -0.454 e. The molecule has 0 radical (unpaired) electrons. The zero-order valence-electron chi connectivity index (χ0n) is 31.7. The predicted octanol–water partition coefficient (Wildman–Crippen LogP) is 14.1. The molecule has 58 heavy (non-hydrogen) atoms. The molecule has 2 heteroatoms. The van der Waals surface area contributed by atoms with Gasteiger partial charge in [0.1, 0.15) is 5.58 Å². The molecule has 9 aromatic carbocycles. The van der Waals surface area contributed by atoms with Crippen molar-refractivity contribution in [3.63, 3.8) is 0 Å². The smallest absolute Gasteiger partial charge is 0.159 e. The summed E-state index contributed by atoms with van der Waals surface area (Å²) in [5, 5.41) is 2.22. The highest BCUT2D eigenvalue weighted by molar-refractivity contribution is 6.10. The van der Waals surface area contributed by atoms with Gasteiger partial charge in [-0.3, -0.25) is 0 Å². The molecule has 0 unspecified atom stereocenters. The first kappa shape index (κ1) is 32.8. The van der Waals surface area contributed by atoms with Gasteiger partial charge in [-0.1, -0.05) is 188 Å². The fraction of sp³-hybridized carbons (Fsp3) is 0.0357. The van der Waals surface area contributed by atoms with Crippen LogP contribution in [0.1, 0.15) is 44.5 Å². The highest BCUT2D eigenvalue weighted by atomic mass is 16.3. The van der Waals surface area contributed by atoms with Crippen molar-refractivity contribution in [3.05, 3.63) is 269 Å². The summed E-state index contributed by atoms with van der Waals surface area (Å²) in [7, 11) is 0. The maximum atomic E-state index is 6.72. The van der Waals surface area contributed by atoms with Crippen molar-refractivity contribution in [2.75, 3.05) is 4.90 Å². The average Bonchev–Trinajstić information content (AvgIpc) is 3.82. The Morgan fingerprint density at radius 3 is 1.48 bits per heavy atom. The Balaban J connectivity index is 1.19. The number of benzene rings is 9. The molecule has 0 atom stereocenters.